The van der Waals surface area contributed by atoms with Crippen LogP contribution in [0.2, 0.25) is 0 Å². The van der Waals surface area contributed by atoms with Crippen molar-refractivity contribution in [2.45, 2.75) is 298 Å². The Bertz CT molecular complexity index is 4310. The van der Waals surface area contributed by atoms with Crippen molar-refractivity contribution in [1.29, 1.82) is 0 Å². The predicted molar refractivity (Wildman–Crippen MR) is 518 cm³/mol. The minimum absolute atomic E-state index is 0.207. The summed E-state index contributed by atoms with van der Waals surface area (Å²) in [5.41, 5.74) is 21.9. The number of hydrazine groups is 1. The zero-order chi connectivity index (χ0) is 88.1. The van der Waals surface area contributed by atoms with Gasteiger partial charge >= 0.3 is 0 Å². The number of aryl methyl sites for hydroxylation is 1. The van der Waals surface area contributed by atoms with Gasteiger partial charge in [-0.25, -0.2) is 0 Å². The summed E-state index contributed by atoms with van der Waals surface area (Å²) in [6.07, 6.45) is 30.9. The average Bonchev–Trinajstić information content (AvgIpc) is 1.65. The van der Waals surface area contributed by atoms with Crippen LogP contribution in [0.15, 0.2) is 258 Å². The maximum atomic E-state index is 5.12. The van der Waals surface area contributed by atoms with Crippen LogP contribution in [0.4, 0.5) is 0 Å². The van der Waals surface area contributed by atoms with Crippen molar-refractivity contribution >= 4 is 50.1 Å². The van der Waals surface area contributed by atoms with Crippen molar-refractivity contribution in [3.63, 3.8) is 0 Å². The quantitative estimate of drug-likeness (QED) is 0.141. The molecular weight excluding hydrogens is 1400 g/mol. The molecule has 0 radical (unpaired) electrons. The smallest absolute Gasteiger partial charge is 0.133 e. The fourth-order valence-electron chi connectivity index (χ4n) is 12.0. The molecule has 5 aromatic heterocycles. The second-order valence-electron chi connectivity index (χ2n) is 35.2. The highest BCUT2D eigenvalue weighted by Crippen LogP contribution is 2.39. The van der Waals surface area contributed by atoms with Gasteiger partial charge in [-0.3, -0.25) is 15.1 Å². The van der Waals surface area contributed by atoms with Gasteiger partial charge in [0.1, 0.15) is 5.58 Å². The summed E-state index contributed by atoms with van der Waals surface area (Å²) >= 11 is 0. The minimum atomic E-state index is 0.207. The number of aliphatic imine (C=N–C) groups is 1. The van der Waals surface area contributed by atoms with Crippen LogP contribution in [0.5, 0.6) is 0 Å². The molecule has 8 heteroatoms. The molecule has 0 bridgehead atoms. The number of hydrogen-bond donors (Lipinski definition) is 3. The van der Waals surface area contributed by atoms with E-state index >= 15 is 0 Å². The van der Waals surface area contributed by atoms with Gasteiger partial charge in [-0.2, -0.15) is 5.10 Å². The summed E-state index contributed by atoms with van der Waals surface area (Å²) < 4.78 is 7.32. The third-order valence-corrected chi connectivity index (χ3v) is 17.8. The van der Waals surface area contributed by atoms with Gasteiger partial charge in [0.15, 0.2) is 0 Å². The number of rotatable bonds is 0. The average molecular weight is 1570 g/mol. The fraction of sp³-hybridized carbons (Fsp3) is 0.477. The van der Waals surface area contributed by atoms with Crippen LogP contribution >= 0.6 is 0 Å². The highest BCUT2D eigenvalue weighted by atomic mass is 16.3. The van der Waals surface area contributed by atoms with Gasteiger partial charge < -0.3 is 19.2 Å². The van der Waals surface area contributed by atoms with Crippen LogP contribution < -0.4 is 5.43 Å². The van der Waals surface area contributed by atoms with E-state index in [1.54, 1.807) is 11.8 Å². The van der Waals surface area contributed by atoms with Gasteiger partial charge in [0.25, 0.3) is 0 Å². The van der Waals surface area contributed by atoms with Crippen molar-refractivity contribution in [2.24, 2.45) is 44.9 Å². The van der Waals surface area contributed by atoms with E-state index in [2.05, 4.69) is 368 Å². The Morgan fingerprint density at radius 1 is 0.496 bits per heavy atom. The van der Waals surface area contributed by atoms with Crippen LogP contribution in [0.1, 0.15) is 290 Å². The predicted octanol–water partition coefficient (Wildman–Crippen LogP) is 32.6. The number of allylic oxidation sites excluding steroid dienone is 5. The fourth-order valence-corrected chi connectivity index (χ4v) is 12.0. The summed E-state index contributed by atoms with van der Waals surface area (Å²) in [5, 5.41) is 12.7. The summed E-state index contributed by atoms with van der Waals surface area (Å²) in [4.78, 5) is 8.28. The van der Waals surface area contributed by atoms with E-state index in [9.17, 15) is 0 Å². The number of H-pyrrole nitrogens is 2. The second-order valence-corrected chi connectivity index (χ2v) is 35.2. The molecule has 0 saturated carbocycles. The second kappa shape index (κ2) is 53.4. The highest BCUT2D eigenvalue weighted by Gasteiger charge is 2.38. The Hall–Kier alpha value is -8.88. The van der Waals surface area contributed by atoms with Crippen LogP contribution in [0.3, 0.4) is 0 Å². The Morgan fingerprint density at radius 3 is 1.54 bits per heavy atom. The maximum Gasteiger partial charge on any atom is 0.133 e. The van der Waals surface area contributed by atoms with E-state index in [0.29, 0.717) is 29.3 Å². The van der Waals surface area contributed by atoms with Crippen molar-refractivity contribution in [2.75, 3.05) is 0 Å². The molecule has 2 aliphatic carbocycles. The first-order chi connectivity index (χ1) is 54.2. The lowest BCUT2D eigenvalue weighted by atomic mass is 9.77. The topological polar surface area (TPSA) is 89.6 Å². The molecular formula is C107H165N7O. The number of pyridine rings is 1. The van der Waals surface area contributed by atoms with Gasteiger partial charge in [0.2, 0.25) is 0 Å². The first-order valence-corrected chi connectivity index (χ1v) is 43.6. The van der Waals surface area contributed by atoms with Crippen LogP contribution in [0, 0.1) is 46.8 Å². The number of nitrogens with one attached hydrogen (secondary N) is 3. The van der Waals surface area contributed by atoms with Crippen molar-refractivity contribution < 1.29 is 4.42 Å². The number of aromatic amines is 2. The highest BCUT2D eigenvalue weighted by molar-refractivity contribution is 5.93. The molecule has 0 fully saturated rings. The van der Waals surface area contributed by atoms with Crippen molar-refractivity contribution in [3.8, 4) is 0 Å². The number of furan rings is 1. The molecule has 3 N–H and O–H groups in total. The monoisotopic (exact) mass is 1560 g/mol. The molecule has 8 heterocycles. The zero-order valence-electron chi connectivity index (χ0n) is 80.0. The largest absolute Gasteiger partial charge is 0.464 e. The molecule has 3 aliphatic heterocycles. The van der Waals surface area contributed by atoms with E-state index in [1.165, 1.54) is 66.6 Å². The molecule has 634 valence electrons. The summed E-state index contributed by atoms with van der Waals surface area (Å²) in [5.74, 6) is 2.87. The summed E-state index contributed by atoms with van der Waals surface area (Å²) in [6.45, 7) is 81.9. The summed E-state index contributed by atoms with van der Waals surface area (Å²) in [6, 6.07) is 54.8. The Labute approximate surface area is 705 Å². The minimum Gasteiger partial charge on any atom is -0.464 e. The third kappa shape index (κ3) is 37.7. The van der Waals surface area contributed by atoms with Gasteiger partial charge in [0, 0.05) is 80.7 Å². The van der Waals surface area contributed by atoms with Crippen LogP contribution in [-0.4, -0.2) is 42.4 Å². The molecule has 0 amide bonds. The van der Waals surface area contributed by atoms with E-state index < -0.39 is 0 Å². The number of aromatic nitrogens is 4. The SMILES string of the molecule is CC.CC.CC.CC.CC.CC.CC(C)(C)C1=CN2NC=CC2C=C1.CC(C)(C)C1=Cc2ccccc2C1.CC(C)(C)c1cc2ccccc2[nH]1.CC(C)(C)c1ccc2cn[nH]c2c1.CC(C)C.CC(C)C.CC1C(C(C)(C)C)=NC2C=CC=CC21.Cc1c(C(C)(C)C)cn2ccccc12.c1ccc2occc2c1.c1ccccc1. The van der Waals surface area contributed by atoms with E-state index in [0.717, 1.165) is 34.7 Å². The van der Waals surface area contributed by atoms with Crippen LogP contribution in [0.25, 0.3) is 44.4 Å². The molecule has 10 aromatic rings. The molecule has 8 nitrogen and oxygen atoms in total. The van der Waals surface area contributed by atoms with E-state index in [1.807, 2.05) is 162 Å². The molecule has 0 saturated heterocycles. The molecule has 4 atom stereocenters. The van der Waals surface area contributed by atoms with Gasteiger partial charge in [-0.05, 0) is 134 Å². The molecule has 5 aliphatic rings. The van der Waals surface area contributed by atoms with E-state index in [-0.39, 0.29) is 27.1 Å². The molecule has 0 spiro atoms. The number of hydrogen-bond acceptors (Lipinski definition) is 5. The lowest BCUT2D eigenvalue weighted by Crippen LogP contribution is -2.34. The van der Waals surface area contributed by atoms with E-state index in [4.69, 9.17) is 9.41 Å². The number of nitrogens with zero attached hydrogens (tertiary/aromatic N) is 4. The molecule has 15 rings (SSSR count). The van der Waals surface area contributed by atoms with Crippen LogP contribution in [-0.2, 0) is 22.7 Å². The molecule has 5 aromatic carbocycles. The van der Waals surface area contributed by atoms with Gasteiger partial charge in [-0.15, -0.1) is 0 Å². The first kappa shape index (κ1) is 106. The summed E-state index contributed by atoms with van der Waals surface area (Å²) in [7, 11) is 0. The zero-order valence-corrected chi connectivity index (χ0v) is 80.0. The normalized spacial score (nSPS) is 15.4. The Balaban J connectivity index is 0.00000126. The lowest BCUT2D eigenvalue weighted by molar-refractivity contribution is 0.312. The van der Waals surface area contributed by atoms with Crippen molar-refractivity contribution in [1.82, 2.24) is 30.0 Å². The number of para-hydroxylation sites is 2. The molecule has 4 unspecified atom stereocenters. The standard InChI is InChI=1S/C13H17N.C13H19N.C13H16.C12H15N.C11H14N2.C11H16N2.C8H6O.C6H6.2C4H10.6C2H6/c1-10-11(13(2,3)4)9-14-8-6-5-7-12(10)14;1-9-10-7-5-6-8-11(10)14-12(9)13(2,3)4;1-13(2,3)12-8-10-6-4-5-7-11(10)9-12;1-12(2,3)11-8-9-6-4-5-7-10(9)13-11;1-11(2,3)9-5-4-8-7-12-13-10(8)6-9;1-11(2,3)9-4-5-10-6-7-12-13(10)8-9;1-2-4-8-7(3-1)5-6-9-8;1-2-4-6-5-3-1;2*1-4(2)3;6*1-2/h5-9H,1-4H3;5-11H,1-4H3;4-8H,9H2,1-3H3;4-8,13H,1-3H3;4-7H,1-3H3,(H,12,13);4-8,10,12H,1-3H3;1-6H;1-6H;2*4H,1-3H3;6*1-2H3. The lowest BCUT2D eigenvalue weighted by Gasteiger charge is -2.30. The maximum absolute atomic E-state index is 5.12. The number of fused-ring (bicyclic) bond motifs is 7. The third-order valence-electron chi connectivity index (χ3n) is 17.8. The van der Waals surface area contributed by atoms with Crippen molar-refractivity contribution in [3.05, 3.63) is 282 Å². The first-order valence-electron chi connectivity index (χ1n) is 43.6. The Morgan fingerprint density at radius 2 is 1.03 bits per heavy atom. The number of benzene rings is 5. The van der Waals surface area contributed by atoms with Gasteiger partial charge in [0.05, 0.1) is 30.1 Å². The Kier molecular flexibility index (Phi) is 49.3. The van der Waals surface area contributed by atoms with Gasteiger partial charge in [-0.1, -0.05) is 420 Å². The molecule has 115 heavy (non-hydrogen) atoms.